The Kier molecular flexibility index (Phi) is 2.10. The summed E-state index contributed by atoms with van der Waals surface area (Å²) >= 11 is 2.43. The highest BCUT2D eigenvalue weighted by molar-refractivity contribution is 14.1. The molecule has 0 nitrogen and oxygen atoms in total. The molecule has 0 heterocycles. The lowest BCUT2D eigenvalue weighted by Gasteiger charge is -2.13. The van der Waals surface area contributed by atoms with Crippen molar-refractivity contribution in [3.63, 3.8) is 0 Å². The normalized spacial score (nSPS) is 11.9. The lowest BCUT2D eigenvalue weighted by Crippen LogP contribution is -1.87. The van der Waals surface area contributed by atoms with Gasteiger partial charge in [0.15, 0.2) is 0 Å². The van der Waals surface area contributed by atoms with Crippen molar-refractivity contribution >= 4 is 54.9 Å². The Labute approximate surface area is 119 Å². The summed E-state index contributed by atoms with van der Waals surface area (Å²) in [4.78, 5) is 0. The highest BCUT2D eigenvalue weighted by Gasteiger charge is 2.10. The van der Waals surface area contributed by atoms with E-state index in [1.54, 1.807) is 0 Å². The predicted octanol–water partition coefficient (Wildman–Crippen LogP) is 5.50. The molecule has 0 unspecified atom stereocenters. The van der Waals surface area contributed by atoms with Crippen LogP contribution < -0.4 is 0 Å². The monoisotopic (exact) mass is 342 g/mol. The third-order valence-corrected chi connectivity index (χ3v) is 4.77. The molecule has 0 amide bonds. The first-order chi connectivity index (χ1) is 8.75. The maximum atomic E-state index is 2.43. The van der Waals surface area contributed by atoms with E-state index >= 15 is 0 Å². The molecular weight excluding hydrogens is 331 g/mol. The summed E-state index contributed by atoms with van der Waals surface area (Å²) in [6.07, 6.45) is 0. The number of halogens is 1. The molecule has 0 atom stereocenters. The highest BCUT2D eigenvalue weighted by atomic mass is 127. The topological polar surface area (TPSA) is 0 Å². The van der Waals surface area contributed by atoms with Gasteiger partial charge in [-0.1, -0.05) is 42.5 Å². The molecule has 1 heteroatoms. The summed E-state index contributed by atoms with van der Waals surface area (Å²) in [5, 5.41) is 8.28. The molecule has 0 aliphatic carbocycles. The first-order valence-corrected chi connectivity index (χ1v) is 7.16. The van der Waals surface area contributed by atoms with Gasteiger partial charge in [-0.25, -0.2) is 0 Å². The molecule has 0 fully saturated rings. The zero-order valence-corrected chi connectivity index (χ0v) is 12.2. The van der Waals surface area contributed by atoms with Gasteiger partial charge in [-0.3, -0.25) is 0 Å². The van der Waals surface area contributed by atoms with Gasteiger partial charge in [0.25, 0.3) is 0 Å². The fourth-order valence-corrected chi connectivity index (χ4v) is 3.54. The lowest BCUT2D eigenvalue weighted by atomic mass is 9.92. The molecule has 0 bridgehead atoms. The Balaban J connectivity index is 2.47. The highest BCUT2D eigenvalue weighted by Crippen LogP contribution is 2.37. The van der Waals surface area contributed by atoms with Gasteiger partial charge < -0.3 is 0 Å². The van der Waals surface area contributed by atoms with Crippen LogP contribution in [-0.4, -0.2) is 0 Å². The van der Waals surface area contributed by atoms with Gasteiger partial charge in [0.2, 0.25) is 0 Å². The second kappa shape index (κ2) is 3.58. The molecule has 4 aromatic carbocycles. The fourth-order valence-electron chi connectivity index (χ4n) is 2.91. The summed E-state index contributed by atoms with van der Waals surface area (Å²) in [6.45, 7) is 2.19. The second-order valence-corrected chi connectivity index (χ2v) is 6.01. The first kappa shape index (κ1) is 10.6. The van der Waals surface area contributed by atoms with E-state index in [4.69, 9.17) is 0 Å². The molecule has 4 aromatic rings. The predicted molar refractivity (Wildman–Crippen MR) is 87.6 cm³/mol. The van der Waals surface area contributed by atoms with E-state index in [2.05, 4.69) is 78.0 Å². The Morgan fingerprint density at radius 2 is 1.22 bits per heavy atom. The van der Waals surface area contributed by atoms with Gasteiger partial charge in [0.1, 0.15) is 0 Å². The van der Waals surface area contributed by atoms with Crippen molar-refractivity contribution in [2.24, 2.45) is 0 Å². The van der Waals surface area contributed by atoms with Crippen molar-refractivity contribution in [3.8, 4) is 0 Å². The molecule has 86 valence electrons. The van der Waals surface area contributed by atoms with Gasteiger partial charge in [-0.2, -0.15) is 0 Å². The zero-order valence-electron chi connectivity index (χ0n) is 10.00. The Hall–Kier alpha value is -1.35. The van der Waals surface area contributed by atoms with Crippen LogP contribution in [0.4, 0.5) is 0 Å². The van der Waals surface area contributed by atoms with E-state index in [0.717, 1.165) is 0 Å². The minimum Gasteiger partial charge on any atom is -0.0581 e. The third-order valence-electron chi connectivity index (χ3n) is 3.83. The molecule has 0 spiro atoms. The van der Waals surface area contributed by atoms with Crippen LogP contribution in [0.3, 0.4) is 0 Å². The molecular formula is C17H11I. The Morgan fingerprint density at radius 3 is 2.00 bits per heavy atom. The van der Waals surface area contributed by atoms with Crippen molar-refractivity contribution in [3.05, 3.63) is 57.7 Å². The van der Waals surface area contributed by atoms with Crippen molar-refractivity contribution in [1.29, 1.82) is 0 Å². The number of aryl methyl sites for hydroxylation is 1. The van der Waals surface area contributed by atoms with Crippen LogP contribution in [0.2, 0.25) is 0 Å². The Morgan fingerprint density at radius 1 is 0.667 bits per heavy atom. The molecule has 18 heavy (non-hydrogen) atoms. The molecule has 0 aromatic heterocycles. The van der Waals surface area contributed by atoms with Crippen LogP contribution in [0.25, 0.3) is 32.3 Å². The number of hydrogen-bond acceptors (Lipinski definition) is 0. The molecule has 0 aliphatic rings. The van der Waals surface area contributed by atoms with E-state index in [1.807, 2.05) is 0 Å². The van der Waals surface area contributed by atoms with Gasteiger partial charge in [-0.15, -0.1) is 0 Å². The molecule has 4 rings (SSSR count). The summed E-state index contributed by atoms with van der Waals surface area (Å²) < 4.78 is 1.33. The molecule has 0 radical (unpaired) electrons. The van der Waals surface area contributed by atoms with Gasteiger partial charge in [-0.05, 0) is 73.5 Å². The average Bonchev–Trinajstić information content (AvgIpc) is 2.40. The molecule has 0 aliphatic heterocycles. The van der Waals surface area contributed by atoms with Gasteiger partial charge in [0, 0.05) is 3.57 Å². The number of hydrogen-bond donors (Lipinski definition) is 0. The van der Waals surface area contributed by atoms with Crippen molar-refractivity contribution < 1.29 is 0 Å². The van der Waals surface area contributed by atoms with Crippen LogP contribution in [0.1, 0.15) is 5.56 Å². The number of benzene rings is 4. The SMILES string of the molecule is Cc1ccc2ccc3c(I)ccc4ccc1c2c43. The van der Waals surface area contributed by atoms with E-state index in [9.17, 15) is 0 Å². The summed E-state index contributed by atoms with van der Waals surface area (Å²) in [7, 11) is 0. The van der Waals surface area contributed by atoms with Crippen molar-refractivity contribution in [2.45, 2.75) is 6.92 Å². The minimum atomic E-state index is 1.33. The molecule has 0 saturated carbocycles. The second-order valence-electron chi connectivity index (χ2n) is 4.85. The maximum Gasteiger partial charge on any atom is 0.0209 e. The van der Waals surface area contributed by atoms with Crippen molar-refractivity contribution in [2.75, 3.05) is 0 Å². The first-order valence-electron chi connectivity index (χ1n) is 6.08. The van der Waals surface area contributed by atoms with Gasteiger partial charge >= 0.3 is 0 Å². The summed E-state index contributed by atoms with van der Waals surface area (Å²) in [6, 6.07) is 17.9. The Bertz CT molecular complexity index is 814. The fraction of sp³-hybridized carbons (Fsp3) is 0.0588. The quantitative estimate of drug-likeness (QED) is 0.293. The zero-order chi connectivity index (χ0) is 12.3. The van der Waals surface area contributed by atoms with Crippen LogP contribution in [0, 0.1) is 10.5 Å². The third kappa shape index (κ3) is 1.25. The summed E-state index contributed by atoms with van der Waals surface area (Å²) in [5.74, 6) is 0. The smallest absolute Gasteiger partial charge is 0.0209 e. The van der Waals surface area contributed by atoms with E-state index < -0.39 is 0 Å². The maximum absolute atomic E-state index is 2.43. The van der Waals surface area contributed by atoms with E-state index in [0.29, 0.717) is 0 Å². The van der Waals surface area contributed by atoms with Crippen LogP contribution in [-0.2, 0) is 0 Å². The van der Waals surface area contributed by atoms with E-state index in [1.165, 1.54) is 41.5 Å². The number of rotatable bonds is 0. The van der Waals surface area contributed by atoms with Crippen molar-refractivity contribution in [1.82, 2.24) is 0 Å². The van der Waals surface area contributed by atoms with Crippen LogP contribution >= 0.6 is 22.6 Å². The average molecular weight is 342 g/mol. The van der Waals surface area contributed by atoms with Crippen LogP contribution in [0.15, 0.2) is 48.5 Å². The van der Waals surface area contributed by atoms with E-state index in [-0.39, 0.29) is 0 Å². The lowest BCUT2D eigenvalue weighted by molar-refractivity contribution is 1.55. The summed E-state index contributed by atoms with van der Waals surface area (Å²) in [5.41, 5.74) is 1.36. The largest absolute Gasteiger partial charge is 0.0581 e. The standard InChI is InChI=1S/C17H11I/c1-10-2-3-11-5-8-14-15(18)9-6-12-4-7-13(10)16(11)17(12)14/h2-9H,1H3. The molecule has 0 saturated heterocycles. The molecule has 0 N–H and O–H groups in total. The minimum absolute atomic E-state index is 1.33. The van der Waals surface area contributed by atoms with Crippen LogP contribution in [0.5, 0.6) is 0 Å². The van der Waals surface area contributed by atoms with Gasteiger partial charge in [0.05, 0.1) is 0 Å².